The second-order valence-electron chi connectivity index (χ2n) is 5.30. The molecule has 0 saturated heterocycles. The van der Waals surface area contributed by atoms with Crippen LogP contribution in [-0.4, -0.2) is 27.6 Å². The van der Waals surface area contributed by atoms with Crippen molar-refractivity contribution in [2.75, 3.05) is 12.4 Å². The molecule has 0 fully saturated rings. The van der Waals surface area contributed by atoms with Gasteiger partial charge in [0, 0.05) is 23.6 Å². The number of fused-ring (bicyclic) bond motifs is 1. The normalized spacial score (nSPS) is 10.8. The predicted molar refractivity (Wildman–Crippen MR) is 97.7 cm³/mol. The first-order valence-electron chi connectivity index (χ1n) is 7.58. The number of amides is 1. The number of aromatic nitrogens is 3. The number of rotatable bonds is 4. The van der Waals surface area contributed by atoms with Gasteiger partial charge < -0.3 is 9.30 Å². The summed E-state index contributed by atoms with van der Waals surface area (Å²) in [7, 11) is 1.61. The lowest BCUT2D eigenvalue weighted by molar-refractivity contribution is 0.102. The van der Waals surface area contributed by atoms with Crippen LogP contribution in [0.5, 0.6) is 5.75 Å². The molecule has 0 saturated carbocycles. The average molecular weight is 350 g/mol. The highest BCUT2D eigenvalue weighted by atomic mass is 32.1. The molecule has 1 N–H and O–H groups in total. The van der Waals surface area contributed by atoms with Crippen LogP contribution >= 0.6 is 11.3 Å². The zero-order valence-electron chi connectivity index (χ0n) is 13.3. The molecule has 0 bridgehead atoms. The third kappa shape index (κ3) is 2.97. The topological polar surface area (TPSA) is 69.0 Å². The van der Waals surface area contributed by atoms with Crippen molar-refractivity contribution in [3.8, 4) is 11.4 Å². The number of imidazole rings is 1. The average Bonchev–Trinajstić information content (AvgIpc) is 3.30. The van der Waals surface area contributed by atoms with Crippen molar-refractivity contribution in [2.45, 2.75) is 0 Å². The number of hydrogen-bond acceptors (Lipinski definition) is 5. The molecular weight excluding hydrogens is 336 g/mol. The van der Waals surface area contributed by atoms with Gasteiger partial charge in [-0.05, 0) is 36.4 Å². The molecule has 0 aliphatic carbocycles. The van der Waals surface area contributed by atoms with E-state index in [-0.39, 0.29) is 5.91 Å². The zero-order chi connectivity index (χ0) is 17.2. The number of anilines is 1. The maximum absolute atomic E-state index is 12.4. The van der Waals surface area contributed by atoms with Crippen LogP contribution in [0.25, 0.3) is 15.9 Å². The molecule has 6 nitrogen and oxygen atoms in total. The summed E-state index contributed by atoms with van der Waals surface area (Å²) in [6.07, 6.45) is 5.27. The van der Waals surface area contributed by atoms with Gasteiger partial charge in [-0.2, -0.15) is 0 Å². The number of ether oxygens (including phenoxy) is 1. The molecule has 124 valence electrons. The van der Waals surface area contributed by atoms with Gasteiger partial charge in [-0.15, -0.1) is 0 Å². The number of carbonyl (C=O) groups is 1. The van der Waals surface area contributed by atoms with E-state index in [2.05, 4.69) is 15.3 Å². The van der Waals surface area contributed by atoms with E-state index in [1.807, 2.05) is 41.1 Å². The molecule has 2 aromatic carbocycles. The number of hydrogen-bond donors (Lipinski definition) is 1. The summed E-state index contributed by atoms with van der Waals surface area (Å²) in [4.78, 5) is 20.9. The maximum atomic E-state index is 12.4. The molecule has 2 heterocycles. The van der Waals surface area contributed by atoms with Crippen LogP contribution in [0.2, 0.25) is 0 Å². The third-order valence-corrected chi connectivity index (χ3v) is 4.69. The first kappa shape index (κ1) is 15.3. The molecular formula is C18H14N4O2S. The minimum atomic E-state index is -0.199. The summed E-state index contributed by atoms with van der Waals surface area (Å²) in [6, 6.07) is 13.0. The summed E-state index contributed by atoms with van der Waals surface area (Å²) in [5, 5.41) is 3.39. The molecule has 4 aromatic rings. The Morgan fingerprint density at radius 3 is 2.76 bits per heavy atom. The van der Waals surface area contributed by atoms with Crippen molar-refractivity contribution >= 4 is 32.6 Å². The van der Waals surface area contributed by atoms with Crippen LogP contribution in [0, 0.1) is 0 Å². The molecule has 0 radical (unpaired) electrons. The van der Waals surface area contributed by atoms with Crippen LogP contribution in [0.3, 0.4) is 0 Å². The third-order valence-electron chi connectivity index (χ3n) is 3.75. The Hall–Kier alpha value is -3.19. The van der Waals surface area contributed by atoms with E-state index in [0.29, 0.717) is 16.4 Å². The van der Waals surface area contributed by atoms with Crippen molar-refractivity contribution in [1.82, 2.24) is 14.5 Å². The summed E-state index contributed by atoms with van der Waals surface area (Å²) >= 11 is 1.42. The van der Waals surface area contributed by atoms with Gasteiger partial charge in [0.1, 0.15) is 11.3 Å². The second-order valence-corrected chi connectivity index (χ2v) is 6.33. The summed E-state index contributed by atoms with van der Waals surface area (Å²) in [5.74, 6) is 0.495. The monoisotopic (exact) mass is 350 g/mol. The molecule has 0 spiro atoms. The molecule has 4 rings (SSSR count). The minimum absolute atomic E-state index is 0.199. The van der Waals surface area contributed by atoms with Crippen LogP contribution in [0.1, 0.15) is 10.4 Å². The lowest BCUT2D eigenvalue weighted by atomic mass is 10.2. The van der Waals surface area contributed by atoms with Crippen molar-refractivity contribution in [3.63, 3.8) is 0 Å². The molecule has 7 heteroatoms. The van der Waals surface area contributed by atoms with Gasteiger partial charge in [-0.3, -0.25) is 10.1 Å². The minimum Gasteiger partial charge on any atom is -0.494 e. The van der Waals surface area contributed by atoms with E-state index in [9.17, 15) is 4.79 Å². The molecule has 0 atom stereocenters. The fourth-order valence-corrected chi connectivity index (χ4v) is 3.39. The quantitative estimate of drug-likeness (QED) is 0.609. The molecule has 2 aromatic heterocycles. The Balaban J connectivity index is 1.55. The predicted octanol–water partition coefficient (Wildman–Crippen LogP) is 3.74. The largest absolute Gasteiger partial charge is 0.494 e. The second kappa shape index (κ2) is 6.37. The standard InChI is InChI=1S/C18H14N4O2S/c1-24-14-3-2-4-15-16(14)20-18(25-15)21-17(23)12-5-7-13(8-6-12)22-10-9-19-11-22/h2-11H,1H3,(H,20,21,23). The SMILES string of the molecule is COc1cccc2sc(NC(=O)c3ccc(-n4ccnc4)cc3)nc12. The number of para-hydroxylation sites is 1. The maximum Gasteiger partial charge on any atom is 0.257 e. The summed E-state index contributed by atoms with van der Waals surface area (Å²) in [5.41, 5.74) is 2.26. The molecule has 0 unspecified atom stereocenters. The number of nitrogens with zero attached hydrogens (tertiary/aromatic N) is 3. The van der Waals surface area contributed by atoms with Crippen LogP contribution in [0.4, 0.5) is 5.13 Å². The number of carbonyl (C=O) groups excluding carboxylic acids is 1. The Bertz CT molecular complexity index is 1020. The molecule has 0 aliphatic heterocycles. The number of benzene rings is 2. The molecule has 25 heavy (non-hydrogen) atoms. The van der Waals surface area contributed by atoms with Gasteiger partial charge in [0.15, 0.2) is 5.13 Å². The van der Waals surface area contributed by atoms with Crippen molar-refractivity contribution < 1.29 is 9.53 Å². The number of nitrogens with one attached hydrogen (secondary N) is 1. The van der Waals surface area contributed by atoms with E-state index < -0.39 is 0 Å². The van der Waals surface area contributed by atoms with Gasteiger partial charge in [0.05, 0.1) is 18.1 Å². The fraction of sp³-hybridized carbons (Fsp3) is 0.0556. The van der Waals surface area contributed by atoms with Crippen LogP contribution in [-0.2, 0) is 0 Å². The highest BCUT2D eigenvalue weighted by molar-refractivity contribution is 7.22. The molecule has 0 aliphatic rings. The Morgan fingerprint density at radius 1 is 1.20 bits per heavy atom. The van der Waals surface area contributed by atoms with Gasteiger partial charge in [0.2, 0.25) is 0 Å². The summed E-state index contributed by atoms with van der Waals surface area (Å²) < 4.78 is 8.14. The van der Waals surface area contributed by atoms with Gasteiger partial charge in [-0.25, -0.2) is 9.97 Å². The fourth-order valence-electron chi connectivity index (χ4n) is 2.51. The first-order valence-corrected chi connectivity index (χ1v) is 8.39. The van der Waals surface area contributed by atoms with Crippen LogP contribution < -0.4 is 10.1 Å². The van der Waals surface area contributed by atoms with E-state index >= 15 is 0 Å². The summed E-state index contributed by atoms with van der Waals surface area (Å²) in [6.45, 7) is 0. The first-order chi connectivity index (χ1) is 12.2. The lowest BCUT2D eigenvalue weighted by Crippen LogP contribution is -2.11. The van der Waals surface area contributed by atoms with E-state index in [1.54, 1.807) is 31.8 Å². The Morgan fingerprint density at radius 2 is 2.04 bits per heavy atom. The van der Waals surface area contributed by atoms with Crippen molar-refractivity contribution in [2.24, 2.45) is 0 Å². The van der Waals surface area contributed by atoms with E-state index in [1.165, 1.54) is 11.3 Å². The zero-order valence-corrected chi connectivity index (χ0v) is 14.2. The molecule has 1 amide bonds. The number of thiazole rings is 1. The van der Waals surface area contributed by atoms with Gasteiger partial charge in [0.25, 0.3) is 5.91 Å². The lowest BCUT2D eigenvalue weighted by Gasteiger charge is -2.04. The number of methoxy groups -OCH3 is 1. The van der Waals surface area contributed by atoms with E-state index in [0.717, 1.165) is 15.9 Å². The van der Waals surface area contributed by atoms with Gasteiger partial charge >= 0.3 is 0 Å². The Kier molecular flexibility index (Phi) is 3.91. The highest BCUT2D eigenvalue weighted by Crippen LogP contribution is 2.32. The van der Waals surface area contributed by atoms with Crippen molar-refractivity contribution in [3.05, 3.63) is 66.7 Å². The Labute approximate surface area is 147 Å². The van der Waals surface area contributed by atoms with Crippen LogP contribution in [0.15, 0.2) is 61.2 Å². The highest BCUT2D eigenvalue weighted by Gasteiger charge is 2.12. The van der Waals surface area contributed by atoms with E-state index in [4.69, 9.17) is 4.74 Å². The van der Waals surface area contributed by atoms with Gasteiger partial charge in [-0.1, -0.05) is 17.4 Å². The van der Waals surface area contributed by atoms with Crippen molar-refractivity contribution in [1.29, 1.82) is 0 Å². The smallest absolute Gasteiger partial charge is 0.257 e.